The molecule has 0 bridgehead atoms. The molecule has 186 valence electrons. The number of aliphatic imine (C=N–C) groups is 1. The average molecular weight is 491 g/mol. The first kappa shape index (κ1) is 26.2. The van der Waals surface area contributed by atoms with Gasteiger partial charge in [-0.2, -0.15) is 0 Å². The van der Waals surface area contributed by atoms with Crippen molar-refractivity contribution in [1.29, 1.82) is 0 Å². The predicted octanol–water partition coefficient (Wildman–Crippen LogP) is 4.42. The van der Waals surface area contributed by atoms with Gasteiger partial charge in [0.2, 0.25) is 0 Å². The molecular weight excluding hydrogens is 456 g/mol. The third kappa shape index (κ3) is 6.61. The van der Waals surface area contributed by atoms with E-state index in [0.29, 0.717) is 11.8 Å². The molecular formula is C25H34N2O6S. The van der Waals surface area contributed by atoms with Gasteiger partial charge in [0.1, 0.15) is 22.8 Å². The van der Waals surface area contributed by atoms with Gasteiger partial charge in [-0.3, -0.25) is 14.7 Å². The summed E-state index contributed by atoms with van der Waals surface area (Å²) in [4.78, 5) is 30.3. The van der Waals surface area contributed by atoms with Crippen molar-refractivity contribution >= 4 is 28.8 Å². The molecule has 2 aliphatic rings. The first-order chi connectivity index (χ1) is 16.0. The fourth-order valence-electron chi connectivity index (χ4n) is 3.70. The molecule has 0 N–H and O–H groups in total. The summed E-state index contributed by atoms with van der Waals surface area (Å²) in [5.41, 5.74) is 0.0469. The molecule has 0 radical (unpaired) electrons. The van der Waals surface area contributed by atoms with Gasteiger partial charge in [0.05, 0.1) is 25.9 Å². The van der Waals surface area contributed by atoms with Gasteiger partial charge in [-0.05, 0) is 51.5 Å². The summed E-state index contributed by atoms with van der Waals surface area (Å²) in [7, 11) is 3.27. The van der Waals surface area contributed by atoms with E-state index in [4.69, 9.17) is 23.9 Å². The zero-order chi connectivity index (χ0) is 25.0. The molecule has 5 atom stereocenters. The molecule has 1 saturated heterocycles. The SMILES string of the molecule is COc1ccc(CO[C@H]2[C@H](C)[C@@H](/C=C/C(C)=O)O[C@@H]3SC(N(C)C(=O)OC(C)(C)C)=N[C@H]23)cc1. The fourth-order valence-corrected chi connectivity index (χ4v) is 4.86. The number of fused-ring (bicyclic) bond motifs is 1. The van der Waals surface area contributed by atoms with E-state index in [-0.39, 0.29) is 35.4 Å². The van der Waals surface area contributed by atoms with Crippen LogP contribution in [0.4, 0.5) is 4.79 Å². The second-order valence-electron chi connectivity index (χ2n) is 9.48. The van der Waals surface area contributed by atoms with Gasteiger partial charge in [-0.15, -0.1) is 0 Å². The van der Waals surface area contributed by atoms with Crippen LogP contribution >= 0.6 is 11.8 Å². The Labute approximate surface area is 205 Å². The highest BCUT2D eigenvalue weighted by molar-refractivity contribution is 8.14. The first-order valence-electron chi connectivity index (χ1n) is 11.3. The molecule has 0 spiro atoms. The molecule has 0 aromatic heterocycles. The van der Waals surface area contributed by atoms with Crippen molar-refractivity contribution in [2.45, 2.75) is 70.5 Å². The van der Waals surface area contributed by atoms with Gasteiger partial charge in [0.15, 0.2) is 11.0 Å². The second-order valence-corrected chi connectivity index (χ2v) is 10.5. The van der Waals surface area contributed by atoms with E-state index in [2.05, 4.69) is 0 Å². The third-order valence-corrected chi connectivity index (χ3v) is 6.71. The van der Waals surface area contributed by atoms with E-state index < -0.39 is 11.7 Å². The van der Waals surface area contributed by atoms with Crippen LogP contribution in [0, 0.1) is 5.92 Å². The minimum Gasteiger partial charge on any atom is -0.497 e. The number of hydrogen-bond donors (Lipinski definition) is 0. The van der Waals surface area contributed by atoms with Crippen LogP contribution in [0.5, 0.6) is 5.75 Å². The molecule has 34 heavy (non-hydrogen) atoms. The fraction of sp³-hybridized carbons (Fsp3) is 0.560. The number of rotatable bonds is 6. The highest BCUT2D eigenvalue weighted by Crippen LogP contribution is 2.41. The first-order valence-corrected chi connectivity index (χ1v) is 12.2. The van der Waals surface area contributed by atoms with Gasteiger partial charge in [-0.1, -0.05) is 36.9 Å². The topological polar surface area (TPSA) is 86.7 Å². The van der Waals surface area contributed by atoms with Crippen molar-refractivity contribution in [3.63, 3.8) is 0 Å². The minimum atomic E-state index is -0.612. The lowest BCUT2D eigenvalue weighted by Crippen LogP contribution is -2.50. The number of allylic oxidation sites excluding steroid dienone is 1. The number of benzene rings is 1. The second kappa shape index (κ2) is 10.9. The van der Waals surface area contributed by atoms with Crippen molar-refractivity contribution in [1.82, 2.24) is 4.90 Å². The van der Waals surface area contributed by atoms with Gasteiger partial charge < -0.3 is 18.9 Å². The van der Waals surface area contributed by atoms with E-state index in [1.165, 1.54) is 29.7 Å². The van der Waals surface area contributed by atoms with Gasteiger partial charge >= 0.3 is 6.09 Å². The third-order valence-electron chi connectivity index (χ3n) is 5.50. The Bertz CT molecular complexity index is 940. The van der Waals surface area contributed by atoms with Gasteiger partial charge in [0.25, 0.3) is 0 Å². The van der Waals surface area contributed by atoms with E-state index in [1.807, 2.05) is 52.0 Å². The zero-order valence-corrected chi connectivity index (χ0v) is 21.6. The molecule has 1 fully saturated rings. The maximum absolute atomic E-state index is 12.6. The number of nitrogens with zero attached hydrogens (tertiary/aromatic N) is 2. The zero-order valence-electron chi connectivity index (χ0n) is 20.8. The molecule has 1 aromatic carbocycles. The number of thioether (sulfide) groups is 1. The lowest BCUT2D eigenvalue weighted by atomic mass is 9.89. The summed E-state index contributed by atoms with van der Waals surface area (Å²) in [5, 5.41) is 0.519. The van der Waals surface area contributed by atoms with Crippen LogP contribution in [-0.2, 0) is 25.6 Å². The van der Waals surface area contributed by atoms with E-state index in [1.54, 1.807) is 20.2 Å². The monoisotopic (exact) mass is 490 g/mol. The molecule has 8 nitrogen and oxygen atoms in total. The molecule has 9 heteroatoms. The number of methoxy groups -OCH3 is 1. The smallest absolute Gasteiger partial charge is 0.416 e. The summed E-state index contributed by atoms with van der Waals surface area (Å²) in [6, 6.07) is 7.40. The van der Waals surface area contributed by atoms with Crippen LogP contribution in [0.3, 0.4) is 0 Å². The summed E-state index contributed by atoms with van der Waals surface area (Å²) in [5.74, 6) is 0.671. The quantitative estimate of drug-likeness (QED) is 0.546. The summed E-state index contributed by atoms with van der Waals surface area (Å²) >= 11 is 1.36. The normalized spacial score (nSPS) is 26.7. The van der Waals surface area contributed by atoms with Crippen LogP contribution in [-0.4, -0.2) is 65.4 Å². The number of ether oxygens (including phenoxy) is 4. The lowest BCUT2D eigenvalue weighted by Gasteiger charge is -2.40. The van der Waals surface area contributed by atoms with Crippen molar-refractivity contribution in [2.75, 3.05) is 14.2 Å². The molecule has 2 heterocycles. The lowest BCUT2D eigenvalue weighted by molar-refractivity contribution is -0.122. The van der Waals surface area contributed by atoms with Gasteiger partial charge in [0, 0.05) is 13.0 Å². The van der Waals surface area contributed by atoms with Crippen molar-refractivity contribution in [3.8, 4) is 5.75 Å². The Balaban J connectivity index is 1.80. The van der Waals surface area contributed by atoms with Crippen molar-refractivity contribution < 1.29 is 28.5 Å². The summed E-state index contributed by atoms with van der Waals surface area (Å²) in [6.07, 6.45) is 2.23. The Hall–Kier alpha value is -2.36. The summed E-state index contributed by atoms with van der Waals surface area (Å²) < 4.78 is 23.4. The van der Waals surface area contributed by atoms with Gasteiger partial charge in [-0.25, -0.2) is 4.79 Å². The van der Waals surface area contributed by atoms with Crippen LogP contribution in [0.25, 0.3) is 0 Å². The molecule has 1 amide bonds. The minimum absolute atomic E-state index is 0.0469. The van der Waals surface area contributed by atoms with Crippen LogP contribution in [0.2, 0.25) is 0 Å². The highest BCUT2D eigenvalue weighted by Gasteiger charge is 2.48. The Morgan fingerprint density at radius 2 is 1.91 bits per heavy atom. The van der Waals surface area contributed by atoms with Crippen LogP contribution in [0.1, 0.15) is 40.2 Å². The molecule has 3 rings (SSSR count). The number of amides is 1. The Morgan fingerprint density at radius 1 is 1.24 bits per heavy atom. The van der Waals surface area contributed by atoms with E-state index in [0.717, 1.165) is 11.3 Å². The average Bonchev–Trinajstić information content (AvgIpc) is 3.19. The summed E-state index contributed by atoms with van der Waals surface area (Å²) in [6.45, 7) is 9.39. The Kier molecular flexibility index (Phi) is 8.43. The van der Waals surface area contributed by atoms with E-state index >= 15 is 0 Å². The van der Waals surface area contributed by atoms with Crippen molar-refractivity contribution in [2.24, 2.45) is 10.9 Å². The molecule has 0 aliphatic carbocycles. The number of ketones is 1. The predicted molar refractivity (Wildman–Crippen MR) is 132 cm³/mol. The number of amidine groups is 1. The Morgan fingerprint density at radius 3 is 2.50 bits per heavy atom. The van der Waals surface area contributed by atoms with E-state index in [9.17, 15) is 9.59 Å². The standard InChI is InChI=1S/C25H34N2O6S/c1-15(28)8-13-19-16(2)21(31-14-17-9-11-18(30-7)12-10-17)20-22(32-19)34-23(26-20)27(6)24(29)33-25(3,4)5/h8-13,16,19-22H,14H2,1-7H3/b13-8+/t16-,19-,20-,21+,22-/m1/s1. The largest absolute Gasteiger partial charge is 0.497 e. The molecule has 2 aliphatic heterocycles. The number of carbonyl (C=O) groups excluding carboxylic acids is 2. The maximum Gasteiger partial charge on any atom is 0.416 e. The maximum atomic E-state index is 12.6. The van der Waals surface area contributed by atoms with Crippen LogP contribution in [0.15, 0.2) is 41.4 Å². The van der Waals surface area contributed by atoms with Crippen molar-refractivity contribution in [3.05, 3.63) is 42.0 Å². The molecule has 0 saturated carbocycles. The highest BCUT2D eigenvalue weighted by atomic mass is 32.2. The molecule has 1 aromatic rings. The molecule has 0 unspecified atom stereocenters. The number of hydrogen-bond acceptors (Lipinski definition) is 8. The number of carbonyl (C=O) groups is 2. The van der Waals surface area contributed by atoms with Crippen LogP contribution < -0.4 is 4.74 Å².